The van der Waals surface area contributed by atoms with Crippen molar-refractivity contribution in [3.05, 3.63) is 48.7 Å². The molecule has 0 radical (unpaired) electrons. The van der Waals surface area contributed by atoms with Gasteiger partial charge in [-0.05, 0) is 87.0 Å². The van der Waals surface area contributed by atoms with Crippen LogP contribution >= 0.6 is 0 Å². The Morgan fingerprint density at radius 3 is 2.62 bits per heavy atom. The lowest BCUT2D eigenvalue weighted by Gasteiger charge is -2.38. The van der Waals surface area contributed by atoms with Crippen LogP contribution in [0.2, 0.25) is 0 Å². The van der Waals surface area contributed by atoms with Crippen LogP contribution in [0.25, 0.3) is 11.1 Å². The molecule has 15 nitrogen and oxygen atoms in total. The molecule has 1 saturated heterocycles. The Hall–Kier alpha value is -4.86. The maximum absolute atomic E-state index is 12.6. The number of nitriles is 1. The van der Waals surface area contributed by atoms with Crippen molar-refractivity contribution in [2.75, 3.05) is 45.4 Å². The monoisotopic (exact) mass is 739 g/mol. The van der Waals surface area contributed by atoms with Gasteiger partial charge in [0, 0.05) is 36.6 Å². The van der Waals surface area contributed by atoms with E-state index in [1.54, 1.807) is 35.3 Å². The average Bonchev–Trinajstić information content (AvgIpc) is 3.72. The van der Waals surface area contributed by atoms with Gasteiger partial charge in [0.15, 0.2) is 0 Å². The zero-order valence-corrected chi connectivity index (χ0v) is 29.8. The molecular weight excluding hydrogens is 695 g/mol. The highest BCUT2D eigenvalue weighted by Gasteiger charge is 2.31. The van der Waals surface area contributed by atoms with Crippen LogP contribution in [-0.4, -0.2) is 109 Å². The summed E-state index contributed by atoms with van der Waals surface area (Å²) in [7, 11) is 2.20. The fraction of sp³-hybridized carbons (Fsp3) is 0.571. The van der Waals surface area contributed by atoms with Crippen LogP contribution in [0.1, 0.15) is 63.5 Å². The highest BCUT2D eigenvalue weighted by molar-refractivity contribution is 5.67. The molecule has 0 unspecified atom stereocenters. The lowest BCUT2D eigenvalue weighted by Crippen LogP contribution is -2.44. The number of nitrogens with one attached hydrogen (secondary N) is 1. The van der Waals surface area contributed by atoms with Crippen molar-refractivity contribution in [1.29, 1.82) is 5.26 Å². The molecule has 2 fully saturated rings. The summed E-state index contributed by atoms with van der Waals surface area (Å²) in [5.74, 6) is 0.885. The number of likely N-dealkylation sites (N-methyl/N-ethyl adjacent to an activating group) is 1. The second-order valence-corrected chi connectivity index (χ2v) is 13.4. The molecule has 2 atom stereocenters. The first kappa shape index (κ1) is 37.9. The summed E-state index contributed by atoms with van der Waals surface area (Å²) < 4.78 is 63.6. The molecular formula is C35H44F3N11O4. The van der Waals surface area contributed by atoms with Crippen molar-refractivity contribution in [2.24, 2.45) is 0 Å². The van der Waals surface area contributed by atoms with E-state index in [1.807, 2.05) is 17.8 Å². The molecule has 53 heavy (non-hydrogen) atoms. The SMILES string of the molecule is C[C@@H](Cn1cnnn1)Oc1cc(-c2cnc(Nc3cn(C4CCC(N(C)[C@@H]5CCCCOC5)CC4)nc3OCCOCC(F)(F)F)nc2)ccc1C#N. The van der Waals surface area contributed by atoms with Crippen LogP contribution in [0, 0.1) is 11.3 Å². The zero-order valence-electron chi connectivity index (χ0n) is 29.8. The standard InChI is InChI=1S/C35H44F3N11O4/c1-24(19-48-23-42-45-46-48)53-32-15-25(6-7-26(32)16-39)27-17-40-34(41-18-27)43-31-20-49(44-33(31)52-14-13-51-22-35(36,37)38)29-10-8-28(9-11-29)47(2)30-5-3-4-12-50-21-30/h6-7,15,17-18,20,23-24,28-30H,3-5,8-14,19,21-22H2,1-2H3,(H,40,41,43)/t24-,28?,29?,30+/m0/s1. The van der Waals surface area contributed by atoms with Crippen LogP contribution in [0.3, 0.4) is 0 Å². The van der Waals surface area contributed by atoms with Crippen molar-refractivity contribution in [1.82, 2.24) is 44.9 Å². The molecule has 6 rings (SSSR count). The normalized spacial score (nSPS) is 20.1. The minimum Gasteiger partial charge on any atom is -0.487 e. The number of halogens is 3. The van der Waals surface area contributed by atoms with Gasteiger partial charge in [-0.3, -0.25) is 9.58 Å². The van der Waals surface area contributed by atoms with Crippen molar-refractivity contribution >= 4 is 11.6 Å². The maximum atomic E-state index is 12.6. The van der Waals surface area contributed by atoms with Gasteiger partial charge in [0.25, 0.3) is 5.88 Å². The van der Waals surface area contributed by atoms with Gasteiger partial charge in [0.05, 0.1) is 37.6 Å². The topological polar surface area (TPSA) is 163 Å². The number of hydrogen-bond donors (Lipinski definition) is 1. The fourth-order valence-corrected chi connectivity index (χ4v) is 6.71. The molecule has 0 bridgehead atoms. The number of nitrogens with zero attached hydrogens (tertiary/aromatic N) is 10. The Bertz CT molecular complexity index is 1770. The third-order valence-electron chi connectivity index (χ3n) is 9.51. The molecule has 284 valence electrons. The molecule has 1 aliphatic carbocycles. The van der Waals surface area contributed by atoms with Gasteiger partial charge >= 0.3 is 6.18 Å². The van der Waals surface area contributed by atoms with E-state index >= 15 is 0 Å². The van der Waals surface area contributed by atoms with E-state index in [0.717, 1.165) is 57.3 Å². The first-order valence-electron chi connectivity index (χ1n) is 17.8. The summed E-state index contributed by atoms with van der Waals surface area (Å²) in [5.41, 5.74) is 2.28. The number of rotatable bonds is 15. The van der Waals surface area contributed by atoms with Gasteiger partial charge in [0.1, 0.15) is 43.2 Å². The van der Waals surface area contributed by atoms with Crippen LogP contribution in [0.4, 0.5) is 24.8 Å². The zero-order chi connectivity index (χ0) is 37.2. The van der Waals surface area contributed by atoms with E-state index in [4.69, 9.17) is 24.0 Å². The summed E-state index contributed by atoms with van der Waals surface area (Å²) in [6, 6.07) is 8.39. The Morgan fingerprint density at radius 1 is 1.08 bits per heavy atom. The Balaban J connectivity index is 1.12. The molecule has 0 spiro atoms. The van der Waals surface area contributed by atoms with Gasteiger partial charge in [-0.1, -0.05) is 6.07 Å². The molecule has 1 N–H and O–H groups in total. The third kappa shape index (κ3) is 10.6. The number of ether oxygens (including phenoxy) is 4. The van der Waals surface area contributed by atoms with E-state index in [2.05, 4.69) is 48.8 Å². The molecule has 3 aromatic heterocycles. The average molecular weight is 740 g/mol. The minimum atomic E-state index is -4.42. The van der Waals surface area contributed by atoms with Crippen molar-refractivity contribution in [3.8, 4) is 28.8 Å². The first-order valence-corrected chi connectivity index (χ1v) is 17.8. The van der Waals surface area contributed by atoms with Gasteiger partial charge in [0.2, 0.25) is 5.95 Å². The van der Waals surface area contributed by atoms with Crippen molar-refractivity contribution in [3.63, 3.8) is 0 Å². The molecule has 4 heterocycles. The van der Waals surface area contributed by atoms with Crippen LogP contribution < -0.4 is 14.8 Å². The summed E-state index contributed by atoms with van der Waals surface area (Å²) in [5, 5.41) is 28.6. The highest BCUT2D eigenvalue weighted by Crippen LogP contribution is 2.35. The summed E-state index contributed by atoms with van der Waals surface area (Å²) in [6.07, 6.45) is 9.12. The number of anilines is 2. The number of tetrazole rings is 1. The third-order valence-corrected chi connectivity index (χ3v) is 9.51. The van der Waals surface area contributed by atoms with E-state index in [1.165, 1.54) is 12.7 Å². The summed E-state index contributed by atoms with van der Waals surface area (Å²) in [4.78, 5) is 11.5. The first-order chi connectivity index (χ1) is 25.6. The second kappa shape index (κ2) is 17.8. The lowest BCUT2D eigenvalue weighted by molar-refractivity contribution is -0.175. The smallest absolute Gasteiger partial charge is 0.411 e. The summed E-state index contributed by atoms with van der Waals surface area (Å²) in [6.45, 7) is 2.11. The Kier molecular flexibility index (Phi) is 12.7. The molecule has 2 aliphatic rings. The number of aromatic nitrogens is 8. The van der Waals surface area contributed by atoms with Gasteiger partial charge in [-0.2, -0.15) is 18.4 Å². The fourth-order valence-electron chi connectivity index (χ4n) is 6.71. The lowest BCUT2D eigenvalue weighted by atomic mass is 9.89. The van der Waals surface area contributed by atoms with Crippen LogP contribution in [0.15, 0.2) is 43.1 Å². The van der Waals surface area contributed by atoms with E-state index in [9.17, 15) is 18.4 Å². The summed E-state index contributed by atoms with van der Waals surface area (Å²) >= 11 is 0. The quantitative estimate of drug-likeness (QED) is 0.155. The predicted molar refractivity (Wildman–Crippen MR) is 185 cm³/mol. The molecule has 1 aliphatic heterocycles. The molecule has 4 aromatic rings. The van der Waals surface area contributed by atoms with Gasteiger partial charge in [-0.15, -0.1) is 10.2 Å². The largest absolute Gasteiger partial charge is 0.487 e. The Labute approximate surface area is 305 Å². The molecule has 1 saturated carbocycles. The molecule has 1 aromatic carbocycles. The molecule has 18 heteroatoms. The Morgan fingerprint density at radius 2 is 1.89 bits per heavy atom. The minimum absolute atomic E-state index is 0.121. The maximum Gasteiger partial charge on any atom is 0.411 e. The van der Waals surface area contributed by atoms with E-state index in [0.29, 0.717) is 41.2 Å². The van der Waals surface area contributed by atoms with Gasteiger partial charge < -0.3 is 24.3 Å². The number of benzene rings is 1. The second-order valence-electron chi connectivity index (χ2n) is 13.4. The van der Waals surface area contributed by atoms with Crippen LogP contribution in [-0.2, 0) is 16.0 Å². The van der Waals surface area contributed by atoms with Crippen molar-refractivity contribution in [2.45, 2.75) is 88.8 Å². The molecule has 0 amide bonds. The van der Waals surface area contributed by atoms with Gasteiger partial charge in [-0.25, -0.2) is 14.6 Å². The van der Waals surface area contributed by atoms with E-state index in [-0.39, 0.29) is 37.2 Å². The predicted octanol–water partition coefficient (Wildman–Crippen LogP) is 5.35. The number of hydrogen-bond acceptors (Lipinski definition) is 13. The van der Waals surface area contributed by atoms with Crippen LogP contribution in [0.5, 0.6) is 11.6 Å². The van der Waals surface area contributed by atoms with E-state index < -0.39 is 12.8 Å². The van der Waals surface area contributed by atoms with Crippen molar-refractivity contribution < 1.29 is 32.1 Å². The number of alkyl halides is 3. The highest BCUT2D eigenvalue weighted by atomic mass is 19.4.